The Morgan fingerprint density at radius 2 is 2.05 bits per heavy atom. The Bertz CT molecular complexity index is 1360. The predicted molar refractivity (Wildman–Crippen MR) is 145 cm³/mol. The molecular weight excluding hydrogens is 559 g/mol. The summed E-state index contributed by atoms with van der Waals surface area (Å²) in [5.74, 6) is 2.31. The highest BCUT2D eigenvalue weighted by atomic mass is 79.9. The normalized spacial score (nSPS) is 16.8. The highest BCUT2D eigenvalue weighted by Gasteiger charge is 2.37. The highest BCUT2D eigenvalue weighted by Crippen LogP contribution is 2.45. The van der Waals surface area contributed by atoms with Crippen molar-refractivity contribution < 1.29 is 18.7 Å². The summed E-state index contributed by atoms with van der Waals surface area (Å²) in [6.45, 7) is 4.48. The zero-order valence-electron chi connectivity index (χ0n) is 20.7. The van der Waals surface area contributed by atoms with Crippen LogP contribution in [-0.2, 0) is 11.4 Å². The van der Waals surface area contributed by atoms with Gasteiger partial charge in [-0.25, -0.2) is 9.07 Å². The number of rotatable bonds is 9. The van der Waals surface area contributed by atoms with Gasteiger partial charge in [0.05, 0.1) is 11.1 Å². The van der Waals surface area contributed by atoms with Gasteiger partial charge in [-0.2, -0.15) is 4.98 Å². The minimum Gasteiger partial charge on any atom is -0.490 e. The topological polar surface area (TPSA) is 78.3 Å². The Labute approximate surface area is 228 Å². The number of Topliss-reactive ketones (excluding diaryl/α,β-unsaturated/α-hetero) is 1. The summed E-state index contributed by atoms with van der Waals surface area (Å²) in [4.78, 5) is 17.9. The number of carbonyl (C=O) groups is 1. The third-order valence-corrected chi connectivity index (χ3v) is 7.89. The van der Waals surface area contributed by atoms with Crippen molar-refractivity contribution in [1.82, 2.24) is 14.8 Å². The molecule has 1 aliphatic heterocycles. The molecule has 2 heterocycles. The summed E-state index contributed by atoms with van der Waals surface area (Å²) in [6.07, 6.45) is 3.10. The first-order chi connectivity index (χ1) is 18.0. The van der Waals surface area contributed by atoms with Gasteiger partial charge in [-0.05, 0) is 65.9 Å². The van der Waals surface area contributed by atoms with Crippen molar-refractivity contribution in [3.05, 3.63) is 69.1 Å². The monoisotopic (exact) mass is 586 g/mol. The van der Waals surface area contributed by atoms with E-state index in [1.54, 1.807) is 34.6 Å². The zero-order chi connectivity index (χ0) is 25.9. The fourth-order valence-electron chi connectivity index (χ4n) is 4.61. The molecule has 2 aromatic carbocycles. The predicted octanol–water partition coefficient (Wildman–Crippen LogP) is 6.68. The quantitative estimate of drug-likeness (QED) is 0.280. The van der Waals surface area contributed by atoms with E-state index in [1.165, 1.54) is 6.07 Å². The number of hydrogen-bond donors (Lipinski definition) is 1. The Balaban J connectivity index is 1.56. The molecule has 0 spiro atoms. The largest absolute Gasteiger partial charge is 0.490 e. The molecule has 10 heteroatoms. The second-order valence-electron chi connectivity index (χ2n) is 8.85. The van der Waals surface area contributed by atoms with Crippen LogP contribution in [0, 0.1) is 5.82 Å². The summed E-state index contributed by atoms with van der Waals surface area (Å²) in [5, 5.41) is 8.82. The van der Waals surface area contributed by atoms with Crippen molar-refractivity contribution in [3.63, 3.8) is 0 Å². The van der Waals surface area contributed by atoms with Gasteiger partial charge in [0.1, 0.15) is 18.5 Å². The number of anilines is 1. The van der Waals surface area contributed by atoms with Crippen LogP contribution in [0.15, 0.2) is 57.3 Å². The summed E-state index contributed by atoms with van der Waals surface area (Å²) in [5.41, 5.74) is 2.90. The van der Waals surface area contributed by atoms with Crippen LogP contribution >= 0.6 is 27.7 Å². The van der Waals surface area contributed by atoms with Gasteiger partial charge in [-0.3, -0.25) is 4.79 Å². The van der Waals surface area contributed by atoms with Crippen molar-refractivity contribution in [2.24, 2.45) is 0 Å². The minimum absolute atomic E-state index is 0.0526. The number of nitrogens with one attached hydrogen (secondary N) is 1. The van der Waals surface area contributed by atoms with Crippen LogP contribution in [0.1, 0.15) is 56.7 Å². The molecule has 0 amide bonds. The molecular formula is C27H28BrFN4O3S. The molecule has 3 aromatic rings. The van der Waals surface area contributed by atoms with Crippen LogP contribution in [0.4, 0.5) is 10.3 Å². The van der Waals surface area contributed by atoms with E-state index in [9.17, 15) is 9.18 Å². The van der Waals surface area contributed by atoms with Crippen molar-refractivity contribution in [2.45, 2.75) is 57.3 Å². The number of aromatic nitrogens is 3. The van der Waals surface area contributed by atoms with Crippen LogP contribution in [0.3, 0.4) is 0 Å². The van der Waals surface area contributed by atoms with Crippen molar-refractivity contribution in [2.75, 3.05) is 17.7 Å². The van der Waals surface area contributed by atoms with Gasteiger partial charge in [0, 0.05) is 29.0 Å². The van der Waals surface area contributed by atoms with Crippen molar-refractivity contribution in [1.29, 1.82) is 0 Å². The average Bonchev–Trinajstić information content (AvgIpc) is 3.29. The van der Waals surface area contributed by atoms with Crippen LogP contribution in [0.2, 0.25) is 0 Å². The van der Waals surface area contributed by atoms with Gasteiger partial charge in [0.15, 0.2) is 17.3 Å². The lowest BCUT2D eigenvalue weighted by molar-refractivity contribution is -0.116. The molecule has 37 heavy (non-hydrogen) atoms. The number of allylic oxidation sites excluding steroid dienone is 2. The van der Waals surface area contributed by atoms with E-state index in [-0.39, 0.29) is 18.2 Å². The van der Waals surface area contributed by atoms with Gasteiger partial charge in [-0.15, -0.1) is 5.10 Å². The number of ketones is 1. The zero-order valence-corrected chi connectivity index (χ0v) is 23.1. The molecule has 1 aliphatic carbocycles. The molecule has 7 nitrogen and oxygen atoms in total. The molecule has 0 fully saturated rings. The Morgan fingerprint density at radius 3 is 2.84 bits per heavy atom. The van der Waals surface area contributed by atoms with Crippen LogP contribution in [0.25, 0.3) is 0 Å². The summed E-state index contributed by atoms with van der Waals surface area (Å²) in [7, 11) is 0. The molecule has 1 aromatic heterocycles. The summed E-state index contributed by atoms with van der Waals surface area (Å²) < 4.78 is 28.6. The highest BCUT2D eigenvalue weighted by molar-refractivity contribution is 9.10. The smallest absolute Gasteiger partial charge is 0.227 e. The number of benzene rings is 2. The first-order valence-electron chi connectivity index (χ1n) is 12.4. The van der Waals surface area contributed by atoms with E-state index in [0.717, 1.165) is 36.3 Å². The minimum atomic E-state index is -0.446. The second-order valence-corrected chi connectivity index (χ2v) is 10.8. The molecule has 0 bridgehead atoms. The number of hydrogen-bond acceptors (Lipinski definition) is 7. The SMILES string of the molecule is CCCSc1nc2n(n1)C(c1cc(Br)c(OCc3ccccc3F)c(OCC)c1)C1=C(CCCC1=O)N2. The molecule has 0 saturated carbocycles. The molecule has 1 atom stereocenters. The van der Waals surface area contributed by atoms with Crippen LogP contribution < -0.4 is 14.8 Å². The van der Waals surface area contributed by atoms with Crippen molar-refractivity contribution >= 4 is 39.4 Å². The summed E-state index contributed by atoms with van der Waals surface area (Å²) >= 11 is 5.24. The number of ether oxygens (including phenoxy) is 2. The average molecular weight is 588 g/mol. The van der Waals surface area contributed by atoms with E-state index in [1.807, 2.05) is 19.1 Å². The Kier molecular flexibility index (Phi) is 7.85. The van der Waals surface area contributed by atoms with E-state index in [4.69, 9.17) is 19.6 Å². The van der Waals surface area contributed by atoms with E-state index < -0.39 is 6.04 Å². The maximum absolute atomic E-state index is 14.2. The molecule has 0 radical (unpaired) electrons. The van der Waals surface area contributed by atoms with E-state index in [0.29, 0.717) is 51.2 Å². The number of halogens is 2. The van der Waals surface area contributed by atoms with Gasteiger partial charge in [-0.1, -0.05) is 36.9 Å². The number of carbonyl (C=O) groups excluding carboxylic acids is 1. The van der Waals surface area contributed by atoms with Gasteiger partial charge >= 0.3 is 0 Å². The van der Waals surface area contributed by atoms with Gasteiger partial charge in [0.2, 0.25) is 11.1 Å². The first-order valence-corrected chi connectivity index (χ1v) is 14.2. The number of fused-ring (bicyclic) bond motifs is 1. The molecule has 5 rings (SSSR count). The lowest BCUT2D eigenvalue weighted by Gasteiger charge is -2.32. The standard InChI is InChI=1S/C27H28BrFN4O3S/c1-3-12-37-27-31-26-30-20-10-7-11-21(34)23(20)24(33(26)32-27)17-13-18(28)25(22(14-17)35-4-2)36-15-16-8-5-6-9-19(16)29/h5-6,8-9,13-14,24H,3-4,7,10-12,15H2,1-2H3,(H,30,31,32). The molecule has 194 valence electrons. The third kappa shape index (κ3) is 5.27. The maximum Gasteiger partial charge on any atom is 0.227 e. The molecule has 1 unspecified atom stereocenters. The Hall–Kier alpha value is -2.85. The van der Waals surface area contributed by atoms with Gasteiger partial charge in [0.25, 0.3) is 0 Å². The lowest BCUT2D eigenvalue weighted by Crippen LogP contribution is -2.31. The molecule has 1 N–H and O–H groups in total. The number of nitrogens with zero attached hydrogens (tertiary/aromatic N) is 3. The number of thioether (sulfide) groups is 1. The molecule has 2 aliphatic rings. The third-order valence-electron chi connectivity index (χ3n) is 6.26. The molecule has 0 saturated heterocycles. The lowest BCUT2D eigenvalue weighted by atomic mass is 9.85. The first kappa shape index (κ1) is 25.8. The van der Waals surface area contributed by atoms with E-state index >= 15 is 0 Å². The van der Waals surface area contributed by atoms with Gasteiger partial charge < -0.3 is 14.8 Å². The maximum atomic E-state index is 14.2. The van der Waals surface area contributed by atoms with E-state index in [2.05, 4.69) is 28.2 Å². The Morgan fingerprint density at radius 1 is 1.22 bits per heavy atom. The van der Waals surface area contributed by atoms with Crippen LogP contribution in [-0.4, -0.2) is 32.9 Å². The fraction of sp³-hybridized carbons (Fsp3) is 0.370. The van der Waals surface area contributed by atoms with Crippen molar-refractivity contribution in [3.8, 4) is 11.5 Å². The second kappa shape index (κ2) is 11.3. The summed E-state index contributed by atoms with van der Waals surface area (Å²) in [6, 6.07) is 9.88. The fourth-order valence-corrected chi connectivity index (χ4v) is 5.87. The van der Waals surface area contributed by atoms with Crippen LogP contribution in [0.5, 0.6) is 11.5 Å².